The first-order valence-electron chi connectivity index (χ1n) is 10.2. The van der Waals surface area contributed by atoms with Crippen LogP contribution in [0.4, 0.5) is 5.69 Å². The van der Waals surface area contributed by atoms with Crippen LogP contribution in [0.25, 0.3) is 11.0 Å². The van der Waals surface area contributed by atoms with Crippen molar-refractivity contribution in [1.82, 2.24) is 5.32 Å². The molecule has 0 spiro atoms. The average molecular weight is 424 g/mol. The fraction of sp³-hybridized carbons (Fsp3) is 0.333. The first-order chi connectivity index (χ1) is 14.7. The zero-order chi connectivity index (χ0) is 22.6. The molecule has 0 bridgehead atoms. The van der Waals surface area contributed by atoms with E-state index >= 15 is 0 Å². The number of carboxylic acid groups (broad SMARTS) is 1. The summed E-state index contributed by atoms with van der Waals surface area (Å²) in [5, 5.41) is 16.1. The van der Waals surface area contributed by atoms with Crippen LogP contribution in [0.2, 0.25) is 0 Å². The minimum atomic E-state index is -1.12. The predicted octanol–water partition coefficient (Wildman–Crippen LogP) is 4.85. The minimum Gasteiger partial charge on any atom is -0.493 e. The van der Waals surface area contributed by atoms with Gasteiger partial charge in [-0.2, -0.15) is 0 Å². The Morgan fingerprint density at radius 1 is 1.10 bits per heavy atom. The molecule has 0 aliphatic rings. The summed E-state index contributed by atoms with van der Waals surface area (Å²) in [4.78, 5) is 24.2. The van der Waals surface area contributed by atoms with E-state index in [9.17, 15) is 14.7 Å². The van der Waals surface area contributed by atoms with Crippen LogP contribution < -0.4 is 15.4 Å². The Bertz CT molecular complexity index is 1100. The second-order valence-electron chi connectivity index (χ2n) is 8.37. The van der Waals surface area contributed by atoms with Crippen LogP contribution in [0.5, 0.6) is 5.75 Å². The molecule has 7 heteroatoms. The van der Waals surface area contributed by atoms with Crippen LogP contribution in [0.15, 0.2) is 46.9 Å². The van der Waals surface area contributed by atoms with Gasteiger partial charge in [0.05, 0.1) is 23.2 Å². The zero-order valence-corrected chi connectivity index (χ0v) is 18.2. The van der Waals surface area contributed by atoms with Crippen LogP contribution >= 0.6 is 0 Å². The van der Waals surface area contributed by atoms with Crippen molar-refractivity contribution in [2.24, 2.45) is 0 Å². The first kappa shape index (κ1) is 22.4. The van der Waals surface area contributed by atoms with Crippen LogP contribution in [-0.4, -0.2) is 35.7 Å². The van der Waals surface area contributed by atoms with E-state index in [0.717, 1.165) is 18.4 Å². The third-order valence-electron chi connectivity index (χ3n) is 4.76. The summed E-state index contributed by atoms with van der Waals surface area (Å²) >= 11 is 0. The molecule has 0 radical (unpaired) electrons. The number of hydrogen-bond donors (Lipinski definition) is 3. The maximum absolute atomic E-state index is 12.8. The maximum Gasteiger partial charge on any atom is 0.337 e. The van der Waals surface area contributed by atoms with E-state index < -0.39 is 11.9 Å². The number of aromatic carboxylic acids is 1. The Labute approximate surface area is 181 Å². The molecule has 0 saturated carbocycles. The summed E-state index contributed by atoms with van der Waals surface area (Å²) in [5.74, 6) is -0.850. The molecular formula is C24H28N2O5. The van der Waals surface area contributed by atoms with Gasteiger partial charge in [-0.05, 0) is 64.9 Å². The molecular weight excluding hydrogens is 396 g/mol. The van der Waals surface area contributed by atoms with Crippen LogP contribution in [0, 0.1) is 6.92 Å². The number of nitrogens with one attached hydrogen (secondary N) is 2. The molecule has 3 aromatic rings. The Balaban J connectivity index is 1.77. The third kappa shape index (κ3) is 5.44. The lowest BCUT2D eigenvalue weighted by molar-refractivity contribution is 0.0698. The lowest BCUT2D eigenvalue weighted by atomic mass is 10.1. The van der Waals surface area contributed by atoms with Gasteiger partial charge in [0.15, 0.2) is 5.76 Å². The number of furan rings is 1. The minimum absolute atomic E-state index is 0.0116. The van der Waals surface area contributed by atoms with Gasteiger partial charge in [0, 0.05) is 11.1 Å². The second kappa shape index (κ2) is 9.22. The highest BCUT2D eigenvalue weighted by molar-refractivity contribution is 6.09. The second-order valence-corrected chi connectivity index (χ2v) is 8.37. The Kier molecular flexibility index (Phi) is 6.65. The summed E-state index contributed by atoms with van der Waals surface area (Å²) < 4.78 is 11.8. The molecule has 2 aromatic carbocycles. The molecule has 0 saturated heterocycles. The first-order valence-corrected chi connectivity index (χ1v) is 10.2. The van der Waals surface area contributed by atoms with E-state index in [1.165, 1.54) is 6.07 Å². The van der Waals surface area contributed by atoms with Gasteiger partial charge < -0.3 is 24.9 Å². The van der Waals surface area contributed by atoms with Crippen molar-refractivity contribution < 1.29 is 23.8 Å². The van der Waals surface area contributed by atoms with Crippen molar-refractivity contribution in [3.8, 4) is 5.75 Å². The molecule has 0 atom stereocenters. The van der Waals surface area contributed by atoms with Crippen molar-refractivity contribution in [3.05, 3.63) is 59.4 Å². The number of carboxylic acids is 1. The number of benzene rings is 2. The van der Waals surface area contributed by atoms with Gasteiger partial charge >= 0.3 is 5.97 Å². The van der Waals surface area contributed by atoms with Crippen molar-refractivity contribution >= 4 is 28.5 Å². The highest BCUT2D eigenvalue weighted by Crippen LogP contribution is 2.33. The third-order valence-corrected chi connectivity index (χ3v) is 4.76. The number of anilines is 1. The van der Waals surface area contributed by atoms with Crippen molar-refractivity contribution in [2.75, 3.05) is 18.5 Å². The van der Waals surface area contributed by atoms with Gasteiger partial charge in [0.25, 0.3) is 5.91 Å². The quantitative estimate of drug-likeness (QED) is 0.447. The average Bonchev–Trinajstić information content (AvgIpc) is 3.04. The summed E-state index contributed by atoms with van der Waals surface area (Å²) in [6.07, 6.45) is 0.837. The molecule has 1 amide bonds. The highest BCUT2D eigenvalue weighted by Gasteiger charge is 2.22. The molecule has 0 aliphatic carbocycles. The highest BCUT2D eigenvalue weighted by atomic mass is 16.5. The van der Waals surface area contributed by atoms with Crippen LogP contribution in [0.1, 0.15) is 53.7 Å². The summed E-state index contributed by atoms with van der Waals surface area (Å²) in [6.45, 7) is 9.50. The van der Waals surface area contributed by atoms with E-state index in [1.54, 1.807) is 31.2 Å². The Morgan fingerprint density at radius 2 is 1.84 bits per heavy atom. The number of carbonyl (C=O) groups excluding carboxylic acids is 1. The molecule has 0 unspecified atom stereocenters. The number of amides is 1. The molecule has 0 aliphatic heterocycles. The van der Waals surface area contributed by atoms with E-state index in [4.69, 9.17) is 9.15 Å². The lowest BCUT2D eigenvalue weighted by Gasteiger charge is -2.20. The zero-order valence-electron chi connectivity index (χ0n) is 18.2. The van der Waals surface area contributed by atoms with E-state index in [0.29, 0.717) is 23.5 Å². The van der Waals surface area contributed by atoms with Gasteiger partial charge in [-0.15, -0.1) is 0 Å². The molecule has 0 fully saturated rings. The number of ether oxygens (including phenoxy) is 1. The Morgan fingerprint density at radius 3 is 2.55 bits per heavy atom. The normalized spacial score (nSPS) is 11.5. The van der Waals surface area contributed by atoms with E-state index in [1.807, 2.05) is 12.1 Å². The van der Waals surface area contributed by atoms with E-state index in [-0.39, 0.29) is 22.6 Å². The molecule has 164 valence electrons. The van der Waals surface area contributed by atoms with Gasteiger partial charge in [0.2, 0.25) is 0 Å². The van der Waals surface area contributed by atoms with Gasteiger partial charge in [-0.25, -0.2) is 4.79 Å². The molecule has 1 aromatic heterocycles. The van der Waals surface area contributed by atoms with Crippen molar-refractivity contribution in [2.45, 2.75) is 39.7 Å². The summed E-state index contributed by atoms with van der Waals surface area (Å²) in [7, 11) is 0. The van der Waals surface area contributed by atoms with Gasteiger partial charge in [0.1, 0.15) is 11.3 Å². The van der Waals surface area contributed by atoms with Gasteiger partial charge in [-0.3, -0.25) is 4.79 Å². The molecule has 1 heterocycles. The topological polar surface area (TPSA) is 101 Å². The number of hydrogen-bond acceptors (Lipinski definition) is 5. The monoisotopic (exact) mass is 424 g/mol. The maximum atomic E-state index is 12.8. The SMILES string of the molecule is Cc1c(C(=O)Nc2ccccc2C(=O)O)oc2cccc(OCCCNC(C)(C)C)c12. The number of carbonyl (C=O) groups is 2. The fourth-order valence-electron chi connectivity index (χ4n) is 3.28. The molecule has 7 nitrogen and oxygen atoms in total. The Hall–Kier alpha value is -3.32. The molecule has 3 rings (SSSR count). The number of fused-ring (bicyclic) bond motifs is 1. The van der Waals surface area contributed by atoms with Crippen LogP contribution in [0.3, 0.4) is 0 Å². The summed E-state index contributed by atoms with van der Waals surface area (Å²) in [6, 6.07) is 11.7. The van der Waals surface area contributed by atoms with Gasteiger partial charge in [-0.1, -0.05) is 18.2 Å². The lowest BCUT2D eigenvalue weighted by Crippen LogP contribution is -2.36. The standard InChI is InChI=1S/C24H28N2O5/c1-15-20-18(30-14-8-13-25-24(2,3)4)11-7-12-19(20)31-21(15)22(27)26-17-10-6-5-9-16(17)23(28)29/h5-7,9-12,25H,8,13-14H2,1-4H3,(H,26,27)(H,28,29). The number of rotatable bonds is 8. The number of aryl methyl sites for hydroxylation is 1. The van der Waals surface area contributed by atoms with Crippen LogP contribution in [-0.2, 0) is 0 Å². The molecule has 3 N–H and O–H groups in total. The van der Waals surface area contributed by atoms with E-state index in [2.05, 4.69) is 31.4 Å². The largest absolute Gasteiger partial charge is 0.493 e. The van der Waals surface area contributed by atoms with Crippen molar-refractivity contribution in [1.29, 1.82) is 0 Å². The molecule has 31 heavy (non-hydrogen) atoms. The smallest absolute Gasteiger partial charge is 0.337 e. The fourth-order valence-corrected chi connectivity index (χ4v) is 3.28. The predicted molar refractivity (Wildman–Crippen MR) is 120 cm³/mol. The number of para-hydroxylation sites is 1. The summed E-state index contributed by atoms with van der Waals surface area (Å²) in [5.41, 5.74) is 1.46. The van der Waals surface area contributed by atoms with Crippen molar-refractivity contribution in [3.63, 3.8) is 0 Å².